The summed E-state index contributed by atoms with van der Waals surface area (Å²) < 4.78 is 9.57. The van der Waals surface area contributed by atoms with Gasteiger partial charge in [0.1, 0.15) is 6.61 Å². The number of benzene rings is 1. The Balaban J connectivity index is 1.95. The minimum Gasteiger partial charge on any atom is -0.468 e. The number of unbranched alkanes of at least 4 members (excludes halogenated alkanes) is 1. The Labute approximate surface area is 124 Å². The molecule has 6 nitrogen and oxygen atoms in total. The summed E-state index contributed by atoms with van der Waals surface area (Å²) in [5.41, 5.74) is 0.958. The van der Waals surface area contributed by atoms with Crippen LogP contribution in [0.2, 0.25) is 0 Å². The first-order valence-corrected chi connectivity index (χ1v) is 6.94. The predicted molar refractivity (Wildman–Crippen MR) is 78.7 cm³/mol. The molecule has 1 amide bonds. The van der Waals surface area contributed by atoms with Crippen LogP contribution >= 0.6 is 0 Å². The molecule has 1 aromatic rings. The second-order valence-corrected chi connectivity index (χ2v) is 4.45. The van der Waals surface area contributed by atoms with Crippen molar-refractivity contribution in [1.82, 2.24) is 10.6 Å². The van der Waals surface area contributed by atoms with Crippen LogP contribution in [0, 0.1) is 0 Å². The van der Waals surface area contributed by atoms with Gasteiger partial charge in [0.05, 0.1) is 13.7 Å². The number of alkyl carbamates (subject to hydrolysis) is 1. The number of hydrogen-bond donors (Lipinski definition) is 2. The van der Waals surface area contributed by atoms with E-state index in [1.807, 2.05) is 30.3 Å². The van der Waals surface area contributed by atoms with E-state index in [9.17, 15) is 9.59 Å². The zero-order valence-electron chi connectivity index (χ0n) is 12.3. The molecule has 21 heavy (non-hydrogen) atoms. The largest absolute Gasteiger partial charge is 0.468 e. The Bertz CT molecular complexity index is 423. The summed E-state index contributed by atoms with van der Waals surface area (Å²) in [4.78, 5) is 22.2. The van der Waals surface area contributed by atoms with E-state index in [4.69, 9.17) is 4.74 Å². The monoisotopic (exact) mass is 294 g/mol. The Morgan fingerprint density at radius 1 is 1.10 bits per heavy atom. The third-order valence-electron chi connectivity index (χ3n) is 2.76. The molecule has 116 valence electrons. The molecule has 0 saturated carbocycles. The molecule has 6 heteroatoms. The van der Waals surface area contributed by atoms with Crippen LogP contribution in [-0.4, -0.2) is 38.8 Å². The average molecular weight is 294 g/mol. The van der Waals surface area contributed by atoms with E-state index in [1.165, 1.54) is 7.11 Å². The molecule has 2 N–H and O–H groups in total. The normalized spacial score (nSPS) is 9.95. The zero-order valence-corrected chi connectivity index (χ0v) is 12.3. The Morgan fingerprint density at radius 2 is 1.81 bits per heavy atom. The van der Waals surface area contributed by atoms with E-state index in [2.05, 4.69) is 15.4 Å². The molecular formula is C15H22N2O4. The smallest absolute Gasteiger partial charge is 0.407 e. The number of amides is 1. The van der Waals surface area contributed by atoms with Gasteiger partial charge in [-0.05, 0) is 24.9 Å². The first-order valence-electron chi connectivity index (χ1n) is 6.94. The number of rotatable bonds is 9. The first kappa shape index (κ1) is 17.0. The van der Waals surface area contributed by atoms with Crippen molar-refractivity contribution in [2.45, 2.75) is 19.4 Å². The summed E-state index contributed by atoms with van der Waals surface area (Å²) in [5, 5.41) is 5.64. The van der Waals surface area contributed by atoms with E-state index in [0.29, 0.717) is 13.1 Å². The third-order valence-corrected chi connectivity index (χ3v) is 2.76. The molecule has 0 aliphatic heterocycles. The van der Waals surface area contributed by atoms with Gasteiger partial charge in [0.25, 0.3) is 0 Å². The third kappa shape index (κ3) is 8.65. The molecular weight excluding hydrogens is 272 g/mol. The van der Waals surface area contributed by atoms with Crippen molar-refractivity contribution in [3.63, 3.8) is 0 Å². The molecule has 0 fully saturated rings. The number of hydrogen-bond acceptors (Lipinski definition) is 5. The van der Waals surface area contributed by atoms with Crippen LogP contribution in [-0.2, 0) is 20.9 Å². The molecule has 1 rings (SSSR count). The second kappa shape index (κ2) is 10.7. The maximum atomic E-state index is 11.4. The number of methoxy groups -OCH3 is 1. The molecule has 0 atom stereocenters. The van der Waals surface area contributed by atoms with Crippen LogP contribution in [0.15, 0.2) is 30.3 Å². The molecule has 0 spiro atoms. The first-order chi connectivity index (χ1) is 10.2. The molecule has 0 unspecified atom stereocenters. The van der Waals surface area contributed by atoms with E-state index in [0.717, 1.165) is 18.4 Å². The number of carbonyl (C=O) groups is 2. The summed E-state index contributed by atoms with van der Waals surface area (Å²) in [7, 11) is 1.36. The number of carbonyl (C=O) groups excluding carboxylic acids is 2. The summed E-state index contributed by atoms with van der Waals surface area (Å²) in [6.07, 6.45) is 1.26. The van der Waals surface area contributed by atoms with Crippen molar-refractivity contribution >= 4 is 12.1 Å². The Kier molecular flexibility index (Phi) is 8.63. The molecule has 0 aliphatic rings. The summed E-state index contributed by atoms with van der Waals surface area (Å²) in [6.45, 7) is 1.74. The minimum atomic E-state index is -0.415. The average Bonchev–Trinajstić information content (AvgIpc) is 2.52. The van der Waals surface area contributed by atoms with Gasteiger partial charge in [-0.15, -0.1) is 0 Å². The lowest BCUT2D eigenvalue weighted by Gasteiger charge is -2.07. The lowest BCUT2D eigenvalue weighted by Crippen LogP contribution is -2.27. The van der Waals surface area contributed by atoms with Crippen LogP contribution in [0.4, 0.5) is 4.79 Å². The lowest BCUT2D eigenvalue weighted by atomic mass is 10.2. The predicted octanol–water partition coefficient (Wildman–Crippen LogP) is 1.46. The van der Waals surface area contributed by atoms with E-state index >= 15 is 0 Å². The number of ether oxygens (including phenoxy) is 2. The molecule has 0 bridgehead atoms. The highest BCUT2D eigenvalue weighted by Gasteiger charge is 2.02. The maximum Gasteiger partial charge on any atom is 0.407 e. The summed E-state index contributed by atoms with van der Waals surface area (Å²) in [6, 6.07) is 9.52. The fourth-order valence-corrected chi connectivity index (χ4v) is 1.60. The molecule has 0 saturated heterocycles. The van der Waals surface area contributed by atoms with E-state index in [1.54, 1.807) is 0 Å². The highest BCUT2D eigenvalue weighted by atomic mass is 16.5. The van der Waals surface area contributed by atoms with E-state index < -0.39 is 6.09 Å². The van der Waals surface area contributed by atoms with Crippen molar-refractivity contribution in [1.29, 1.82) is 0 Å². The lowest BCUT2D eigenvalue weighted by molar-refractivity contribution is -0.139. The van der Waals surface area contributed by atoms with Gasteiger partial charge in [0, 0.05) is 6.54 Å². The molecule has 0 radical (unpaired) electrons. The van der Waals surface area contributed by atoms with Crippen molar-refractivity contribution in [3.05, 3.63) is 35.9 Å². The maximum absolute atomic E-state index is 11.4. The van der Waals surface area contributed by atoms with Crippen LogP contribution in [0.25, 0.3) is 0 Å². The highest BCUT2D eigenvalue weighted by Crippen LogP contribution is 2.00. The van der Waals surface area contributed by atoms with Gasteiger partial charge in [0.15, 0.2) is 0 Å². The van der Waals surface area contributed by atoms with Crippen molar-refractivity contribution in [2.24, 2.45) is 0 Å². The topological polar surface area (TPSA) is 76.7 Å². The molecule has 0 aromatic heterocycles. The van der Waals surface area contributed by atoms with Gasteiger partial charge < -0.3 is 20.1 Å². The SMILES string of the molecule is COC(=O)CNCCCCNC(=O)OCc1ccccc1. The van der Waals surface area contributed by atoms with Gasteiger partial charge in [-0.25, -0.2) is 4.79 Å². The Hall–Kier alpha value is -2.08. The summed E-state index contributed by atoms with van der Waals surface area (Å²) >= 11 is 0. The van der Waals surface area contributed by atoms with E-state index in [-0.39, 0.29) is 19.1 Å². The van der Waals surface area contributed by atoms with Crippen molar-refractivity contribution in [2.75, 3.05) is 26.7 Å². The van der Waals surface area contributed by atoms with Crippen LogP contribution < -0.4 is 10.6 Å². The van der Waals surface area contributed by atoms with Gasteiger partial charge in [-0.1, -0.05) is 30.3 Å². The van der Waals surface area contributed by atoms with Gasteiger partial charge in [-0.3, -0.25) is 4.79 Å². The van der Waals surface area contributed by atoms with Gasteiger partial charge in [0.2, 0.25) is 0 Å². The minimum absolute atomic E-state index is 0.211. The van der Waals surface area contributed by atoms with Gasteiger partial charge >= 0.3 is 12.1 Å². The van der Waals surface area contributed by atoms with Crippen LogP contribution in [0.5, 0.6) is 0 Å². The number of nitrogens with one attached hydrogen (secondary N) is 2. The number of esters is 1. The molecule has 0 heterocycles. The molecule has 0 aliphatic carbocycles. The van der Waals surface area contributed by atoms with Crippen LogP contribution in [0.3, 0.4) is 0 Å². The quantitative estimate of drug-likeness (QED) is 0.532. The summed E-state index contributed by atoms with van der Waals surface area (Å²) in [5.74, 6) is -0.280. The second-order valence-electron chi connectivity index (χ2n) is 4.45. The van der Waals surface area contributed by atoms with Gasteiger partial charge in [-0.2, -0.15) is 0 Å². The van der Waals surface area contributed by atoms with Crippen molar-refractivity contribution in [3.8, 4) is 0 Å². The molecule has 1 aromatic carbocycles. The highest BCUT2D eigenvalue weighted by molar-refractivity contribution is 5.71. The van der Waals surface area contributed by atoms with Crippen molar-refractivity contribution < 1.29 is 19.1 Å². The standard InChI is InChI=1S/C15H22N2O4/c1-20-14(18)11-16-9-5-6-10-17-15(19)21-12-13-7-3-2-4-8-13/h2-4,7-8,16H,5-6,9-12H2,1H3,(H,17,19). The zero-order chi connectivity index (χ0) is 15.3. The fraction of sp³-hybridized carbons (Fsp3) is 0.467. The Morgan fingerprint density at radius 3 is 2.52 bits per heavy atom. The van der Waals surface area contributed by atoms with Crippen LogP contribution in [0.1, 0.15) is 18.4 Å². The fourth-order valence-electron chi connectivity index (χ4n) is 1.60.